The summed E-state index contributed by atoms with van der Waals surface area (Å²) in [6.07, 6.45) is 0. The average molecular weight is 326 g/mol. The van der Waals surface area contributed by atoms with Crippen LogP contribution in [0.5, 0.6) is 5.75 Å². The minimum Gasteiger partial charge on any atom is -0.508 e. The highest BCUT2D eigenvalue weighted by Crippen LogP contribution is 2.29. The molecule has 0 saturated heterocycles. The largest absolute Gasteiger partial charge is 0.508 e. The van der Waals surface area contributed by atoms with E-state index in [-0.39, 0.29) is 24.7 Å². The van der Waals surface area contributed by atoms with E-state index >= 15 is 0 Å². The average Bonchev–Trinajstić information content (AvgIpc) is 2.67. The van der Waals surface area contributed by atoms with Crippen molar-refractivity contribution in [2.45, 2.75) is 0 Å². The van der Waals surface area contributed by atoms with Gasteiger partial charge in [0.25, 0.3) is 0 Å². The van der Waals surface area contributed by atoms with E-state index < -0.39 is 0 Å². The Labute approximate surface area is 138 Å². The first-order valence-corrected chi connectivity index (χ1v) is 7.29. The number of rotatable bonds is 2. The van der Waals surface area contributed by atoms with E-state index in [2.05, 4.69) is 4.99 Å². The minimum atomic E-state index is -0.246. The molecule has 0 fully saturated rings. The molecule has 0 saturated carbocycles. The number of carbonyl (C=O) groups is 1. The fourth-order valence-electron chi connectivity index (χ4n) is 2.50. The molecule has 6 heteroatoms. The van der Waals surface area contributed by atoms with Gasteiger partial charge in [-0.2, -0.15) is 5.26 Å². The molecule has 1 amide bonds. The Hall–Kier alpha value is -2.84. The number of halogens is 1. The summed E-state index contributed by atoms with van der Waals surface area (Å²) in [6, 6.07) is 13.7. The van der Waals surface area contributed by atoms with Gasteiger partial charge >= 0.3 is 0 Å². The molecule has 0 atom stereocenters. The number of aliphatic imine (C=N–C) groups is 1. The Balaban J connectivity index is 2.19. The van der Waals surface area contributed by atoms with Crippen molar-refractivity contribution in [1.29, 1.82) is 5.26 Å². The number of phenolic OH excluding ortho intramolecular Hbond substituents is 1. The minimum absolute atomic E-state index is 0.0498. The molecule has 0 spiro atoms. The van der Waals surface area contributed by atoms with E-state index in [9.17, 15) is 9.90 Å². The van der Waals surface area contributed by atoms with Crippen LogP contribution >= 0.6 is 11.6 Å². The maximum atomic E-state index is 12.3. The zero-order chi connectivity index (χ0) is 16.4. The highest BCUT2D eigenvalue weighted by Gasteiger charge is 2.25. The van der Waals surface area contributed by atoms with Crippen molar-refractivity contribution in [3.05, 3.63) is 58.6 Å². The zero-order valence-electron chi connectivity index (χ0n) is 12.0. The number of aromatic hydroxyl groups is 1. The number of benzodiazepines with no additional fused rings is 1. The summed E-state index contributed by atoms with van der Waals surface area (Å²) in [4.78, 5) is 18.1. The number of nitriles is 1. The van der Waals surface area contributed by atoms with E-state index in [1.165, 1.54) is 4.90 Å². The van der Waals surface area contributed by atoms with Crippen molar-refractivity contribution >= 4 is 28.9 Å². The summed E-state index contributed by atoms with van der Waals surface area (Å²) in [5.74, 6) is -0.0969. The Morgan fingerprint density at radius 1 is 1.26 bits per heavy atom. The van der Waals surface area contributed by atoms with E-state index in [0.29, 0.717) is 22.0 Å². The molecular formula is C17H12ClN3O2. The number of carbonyl (C=O) groups excluding carboxylic acids is 1. The molecule has 0 aliphatic carbocycles. The van der Waals surface area contributed by atoms with Crippen LogP contribution in [0, 0.1) is 11.3 Å². The second kappa shape index (κ2) is 6.11. The molecule has 3 rings (SSSR count). The normalized spacial score (nSPS) is 13.8. The Morgan fingerprint density at radius 2 is 2.00 bits per heavy atom. The molecule has 1 aliphatic heterocycles. The number of hydrogen-bond donors (Lipinski definition) is 1. The van der Waals surface area contributed by atoms with Crippen LogP contribution in [0.25, 0.3) is 0 Å². The van der Waals surface area contributed by atoms with Crippen LogP contribution in [0.15, 0.2) is 47.5 Å². The molecule has 0 aromatic heterocycles. The Morgan fingerprint density at radius 3 is 2.70 bits per heavy atom. The fourth-order valence-corrected chi connectivity index (χ4v) is 2.67. The molecule has 5 nitrogen and oxygen atoms in total. The standard InChI is InChI=1S/C17H12ClN3O2/c18-12-3-6-15-14(9-12)17(11-1-4-13(22)5-2-11)20-10-16(23)21(15)8-7-19/h1-6,9,22H,8,10H2. The summed E-state index contributed by atoms with van der Waals surface area (Å²) in [5.41, 5.74) is 2.66. The van der Waals surface area contributed by atoms with Crippen LogP contribution in [0.4, 0.5) is 5.69 Å². The van der Waals surface area contributed by atoms with Crippen LogP contribution in [-0.4, -0.2) is 29.8 Å². The second-order valence-corrected chi connectivity index (χ2v) is 5.45. The molecular weight excluding hydrogens is 314 g/mol. The first-order valence-electron chi connectivity index (χ1n) is 6.91. The molecule has 1 aliphatic rings. The number of phenols is 1. The molecule has 1 heterocycles. The quantitative estimate of drug-likeness (QED) is 0.862. The smallest absolute Gasteiger partial charge is 0.249 e. The van der Waals surface area contributed by atoms with E-state index in [0.717, 1.165) is 5.56 Å². The maximum absolute atomic E-state index is 12.3. The second-order valence-electron chi connectivity index (χ2n) is 5.01. The number of fused-ring (bicyclic) bond motifs is 1. The lowest BCUT2D eigenvalue weighted by Crippen LogP contribution is -2.32. The Bertz CT molecular complexity index is 838. The van der Waals surface area contributed by atoms with Crippen molar-refractivity contribution in [3.8, 4) is 11.8 Å². The molecule has 0 radical (unpaired) electrons. The molecule has 2 aromatic carbocycles. The number of amides is 1. The third-order valence-electron chi connectivity index (χ3n) is 3.55. The van der Waals surface area contributed by atoms with Gasteiger partial charge in [0.15, 0.2) is 0 Å². The first-order chi connectivity index (χ1) is 11.1. The van der Waals surface area contributed by atoms with Crippen molar-refractivity contribution < 1.29 is 9.90 Å². The van der Waals surface area contributed by atoms with E-state index in [4.69, 9.17) is 16.9 Å². The predicted octanol–water partition coefficient (Wildman–Crippen LogP) is 2.75. The topological polar surface area (TPSA) is 76.7 Å². The lowest BCUT2D eigenvalue weighted by atomic mass is 10.00. The molecule has 23 heavy (non-hydrogen) atoms. The van der Waals surface area contributed by atoms with Gasteiger partial charge in [-0.05, 0) is 42.5 Å². The number of anilines is 1. The lowest BCUT2D eigenvalue weighted by molar-refractivity contribution is -0.117. The van der Waals surface area contributed by atoms with Crippen molar-refractivity contribution in [2.75, 3.05) is 18.0 Å². The van der Waals surface area contributed by atoms with Gasteiger partial charge in [0.1, 0.15) is 18.8 Å². The van der Waals surface area contributed by atoms with Gasteiger partial charge in [0.05, 0.1) is 17.5 Å². The molecule has 114 valence electrons. The third-order valence-corrected chi connectivity index (χ3v) is 3.78. The van der Waals surface area contributed by atoms with E-state index in [1.807, 2.05) is 6.07 Å². The molecule has 0 unspecified atom stereocenters. The van der Waals surface area contributed by atoms with Crippen LogP contribution in [0.3, 0.4) is 0 Å². The van der Waals surface area contributed by atoms with Gasteiger partial charge in [-0.25, -0.2) is 0 Å². The van der Waals surface area contributed by atoms with Crippen LogP contribution < -0.4 is 4.90 Å². The SMILES string of the molecule is N#CCN1C(=O)CN=C(c2ccc(O)cc2)c2cc(Cl)ccc21. The summed E-state index contributed by atoms with van der Waals surface area (Å²) in [6.45, 7) is -0.101. The van der Waals surface area contributed by atoms with Gasteiger partial charge in [0, 0.05) is 16.1 Å². The first kappa shape index (κ1) is 15.1. The van der Waals surface area contributed by atoms with Gasteiger partial charge < -0.3 is 5.11 Å². The number of nitrogens with zero attached hydrogens (tertiary/aromatic N) is 3. The summed E-state index contributed by atoms with van der Waals surface area (Å²) < 4.78 is 0. The van der Waals surface area contributed by atoms with Gasteiger partial charge in [-0.15, -0.1) is 0 Å². The van der Waals surface area contributed by atoms with E-state index in [1.54, 1.807) is 42.5 Å². The molecule has 1 N–H and O–H groups in total. The fraction of sp³-hybridized carbons (Fsp3) is 0.118. The van der Waals surface area contributed by atoms with Crippen molar-refractivity contribution in [1.82, 2.24) is 0 Å². The van der Waals surface area contributed by atoms with Crippen LogP contribution in [0.1, 0.15) is 11.1 Å². The van der Waals surface area contributed by atoms with Crippen molar-refractivity contribution in [3.63, 3.8) is 0 Å². The monoisotopic (exact) mass is 325 g/mol. The highest BCUT2D eigenvalue weighted by atomic mass is 35.5. The Kier molecular flexibility index (Phi) is 4.00. The maximum Gasteiger partial charge on any atom is 0.249 e. The molecule has 0 bridgehead atoms. The van der Waals surface area contributed by atoms with Gasteiger partial charge in [-0.3, -0.25) is 14.7 Å². The zero-order valence-corrected chi connectivity index (χ0v) is 12.8. The predicted molar refractivity (Wildman–Crippen MR) is 88.0 cm³/mol. The van der Waals surface area contributed by atoms with Crippen LogP contribution in [-0.2, 0) is 4.79 Å². The van der Waals surface area contributed by atoms with Gasteiger partial charge in [-0.1, -0.05) is 11.6 Å². The summed E-state index contributed by atoms with van der Waals surface area (Å²) >= 11 is 6.11. The third kappa shape index (κ3) is 2.89. The number of benzene rings is 2. The highest BCUT2D eigenvalue weighted by molar-refractivity contribution is 6.32. The summed E-state index contributed by atoms with van der Waals surface area (Å²) in [7, 11) is 0. The molecule has 2 aromatic rings. The van der Waals surface area contributed by atoms with Gasteiger partial charge in [0.2, 0.25) is 5.91 Å². The summed E-state index contributed by atoms with van der Waals surface area (Å²) in [5, 5.41) is 18.9. The number of hydrogen-bond acceptors (Lipinski definition) is 4. The lowest BCUT2D eigenvalue weighted by Gasteiger charge is -2.20. The van der Waals surface area contributed by atoms with Crippen molar-refractivity contribution in [2.24, 2.45) is 4.99 Å². The van der Waals surface area contributed by atoms with Crippen LogP contribution in [0.2, 0.25) is 5.02 Å².